The van der Waals surface area contributed by atoms with Gasteiger partial charge in [0.1, 0.15) is 0 Å². The molecule has 0 aliphatic carbocycles. The van der Waals surface area contributed by atoms with Gasteiger partial charge in [-0.15, -0.1) is 0 Å². The molecule has 8 aromatic rings. The highest BCUT2D eigenvalue weighted by atomic mass is 35.5. The maximum atomic E-state index is 11.3. The van der Waals surface area contributed by atoms with Gasteiger partial charge in [0.05, 0.1) is 0 Å². The van der Waals surface area contributed by atoms with E-state index in [0.717, 1.165) is 87.7 Å². The Hall–Kier alpha value is -6.08. The molecule has 2 amide bonds. The zero-order valence-electron chi connectivity index (χ0n) is 28.4. The molecule has 52 heavy (non-hydrogen) atoms. The SMILES string of the molecule is Cc1cc(C(N)=O)ccc1-c1ccc2[nH]c(-c3ccccc3Cl)cc2c1.Cc1cc(C(N)=O)ccc1-c1ccc2[nH]c(-c3ccccc3Cl)cc2c1. The van der Waals surface area contributed by atoms with Gasteiger partial charge in [0.2, 0.25) is 11.8 Å². The summed E-state index contributed by atoms with van der Waals surface area (Å²) in [7, 11) is 0. The van der Waals surface area contributed by atoms with Crippen LogP contribution in [0.2, 0.25) is 10.0 Å². The molecule has 0 saturated heterocycles. The van der Waals surface area contributed by atoms with Gasteiger partial charge in [0.25, 0.3) is 0 Å². The van der Waals surface area contributed by atoms with E-state index in [4.69, 9.17) is 34.7 Å². The number of nitrogens with two attached hydrogens (primary N) is 2. The van der Waals surface area contributed by atoms with Crippen molar-refractivity contribution in [2.75, 3.05) is 0 Å². The Bertz CT molecular complexity index is 2470. The standard InChI is InChI=1S/2C22H17ClN2O/c2*1-13-10-15(22(24)26)6-8-17(13)14-7-9-20-16(11-14)12-21(25-20)18-4-2-3-5-19(18)23/h2*2-12,25H,1H3,(H2,24,26). The number of nitrogens with one attached hydrogen (secondary N) is 2. The molecule has 0 atom stereocenters. The zero-order chi connectivity index (χ0) is 36.5. The first-order valence-electron chi connectivity index (χ1n) is 16.6. The highest BCUT2D eigenvalue weighted by Crippen LogP contribution is 2.34. The molecule has 0 fully saturated rings. The summed E-state index contributed by atoms with van der Waals surface area (Å²) in [6.07, 6.45) is 0. The van der Waals surface area contributed by atoms with Gasteiger partial charge >= 0.3 is 0 Å². The first kappa shape index (κ1) is 34.4. The summed E-state index contributed by atoms with van der Waals surface area (Å²) in [6.45, 7) is 3.97. The lowest BCUT2D eigenvalue weighted by molar-refractivity contribution is 0.0992. The van der Waals surface area contributed by atoms with Crippen LogP contribution in [0.25, 0.3) is 66.6 Å². The molecule has 0 radical (unpaired) electrons. The van der Waals surface area contributed by atoms with E-state index in [1.54, 1.807) is 12.1 Å². The molecular weight excluding hydrogens is 687 g/mol. The van der Waals surface area contributed by atoms with Crippen LogP contribution in [0.1, 0.15) is 31.8 Å². The minimum absolute atomic E-state index is 0.412. The quantitative estimate of drug-likeness (QED) is 0.137. The third kappa shape index (κ3) is 6.95. The number of hydrogen-bond acceptors (Lipinski definition) is 2. The summed E-state index contributed by atoms with van der Waals surface area (Å²) in [6, 6.07) is 43.4. The van der Waals surface area contributed by atoms with Gasteiger partial charge in [0, 0.05) is 65.5 Å². The van der Waals surface area contributed by atoms with Crippen LogP contribution in [0.3, 0.4) is 0 Å². The molecule has 0 spiro atoms. The van der Waals surface area contributed by atoms with Crippen LogP contribution in [0.15, 0.2) is 133 Å². The summed E-state index contributed by atoms with van der Waals surface area (Å²) in [4.78, 5) is 29.5. The molecule has 6 N–H and O–H groups in total. The monoisotopic (exact) mass is 720 g/mol. The van der Waals surface area contributed by atoms with E-state index in [2.05, 4.69) is 58.5 Å². The second-order valence-electron chi connectivity index (χ2n) is 12.7. The molecule has 8 rings (SSSR count). The molecule has 8 heteroatoms. The van der Waals surface area contributed by atoms with Crippen LogP contribution in [-0.4, -0.2) is 21.8 Å². The molecule has 2 aromatic heterocycles. The molecule has 6 nitrogen and oxygen atoms in total. The molecule has 2 heterocycles. The van der Waals surface area contributed by atoms with Crippen molar-refractivity contribution >= 4 is 56.8 Å². The van der Waals surface area contributed by atoms with E-state index in [-0.39, 0.29) is 0 Å². The minimum atomic E-state index is -0.412. The fourth-order valence-electron chi connectivity index (χ4n) is 6.53. The van der Waals surface area contributed by atoms with E-state index in [1.165, 1.54) is 0 Å². The molecular formula is C44H34Cl2N4O2. The van der Waals surface area contributed by atoms with E-state index in [1.807, 2.05) is 86.6 Å². The summed E-state index contributed by atoms with van der Waals surface area (Å²) in [5, 5.41) is 3.65. The number of H-pyrrole nitrogens is 2. The third-order valence-electron chi connectivity index (χ3n) is 9.21. The Kier molecular flexibility index (Phi) is 9.43. The Morgan fingerprint density at radius 3 is 1.25 bits per heavy atom. The number of halogens is 2. The van der Waals surface area contributed by atoms with Crippen LogP contribution in [0.4, 0.5) is 0 Å². The number of carbonyl (C=O) groups is 2. The first-order valence-corrected chi connectivity index (χ1v) is 17.4. The van der Waals surface area contributed by atoms with Gasteiger partial charge in [-0.1, -0.05) is 83.9 Å². The maximum absolute atomic E-state index is 11.3. The van der Waals surface area contributed by atoms with Crippen molar-refractivity contribution in [2.24, 2.45) is 11.5 Å². The highest BCUT2D eigenvalue weighted by Gasteiger charge is 2.12. The number of amides is 2. The second-order valence-corrected chi connectivity index (χ2v) is 13.5. The van der Waals surface area contributed by atoms with Crippen molar-refractivity contribution < 1.29 is 9.59 Å². The van der Waals surface area contributed by atoms with Crippen LogP contribution >= 0.6 is 23.2 Å². The summed E-state index contributed by atoms with van der Waals surface area (Å²) in [5.74, 6) is -0.824. The zero-order valence-corrected chi connectivity index (χ0v) is 29.9. The van der Waals surface area contributed by atoms with E-state index >= 15 is 0 Å². The van der Waals surface area contributed by atoms with Gasteiger partial charge in [-0.3, -0.25) is 9.59 Å². The van der Waals surface area contributed by atoms with Gasteiger partial charge in [-0.05, 0) is 120 Å². The van der Waals surface area contributed by atoms with Crippen molar-refractivity contribution in [2.45, 2.75) is 13.8 Å². The lowest BCUT2D eigenvalue weighted by Gasteiger charge is -2.08. The third-order valence-corrected chi connectivity index (χ3v) is 9.87. The van der Waals surface area contributed by atoms with Crippen molar-refractivity contribution in [3.05, 3.63) is 166 Å². The highest BCUT2D eigenvalue weighted by molar-refractivity contribution is 6.33. The van der Waals surface area contributed by atoms with Crippen LogP contribution < -0.4 is 11.5 Å². The Labute approximate surface area is 311 Å². The Morgan fingerprint density at radius 2 is 0.885 bits per heavy atom. The van der Waals surface area contributed by atoms with Crippen molar-refractivity contribution in [1.29, 1.82) is 0 Å². The molecule has 0 bridgehead atoms. The summed E-state index contributed by atoms with van der Waals surface area (Å²) in [5.41, 5.74) is 24.2. The molecule has 0 unspecified atom stereocenters. The minimum Gasteiger partial charge on any atom is -0.366 e. The number of benzene rings is 6. The van der Waals surface area contributed by atoms with Gasteiger partial charge in [-0.25, -0.2) is 0 Å². The first-order chi connectivity index (χ1) is 25.0. The van der Waals surface area contributed by atoms with Crippen molar-refractivity contribution in [3.63, 3.8) is 0 Å². The fraction of sp³-hybridized carbons (Fsp3) is 0.0455. The number of fused-ring (bicyclic) bond motifs is 2. The number of aromatic nitrogens is 2. The van der Waals surface area contributed by atoms with Crippen LogP contribution in [0.5, 0.6) is 0 Å². The number of aromatic amines is 2. The Balaban J connectivity index is 0.000000162. The van der Waals surface area contributed by atoms with Gasteiger partial charge in [-0.2, -0.15) is 0 Å². The van der Waals surface area contributed by atoms with Gasteiger partial charge < -0.3 is 21.4 Å². The van der Waals surface area contributed by atoms with Crippen LogP contribution in [-0.2, 0) is 0 Å². The van der Waals surface area contributed by atoms with Gasteiger partial charge in [0.15, 0.2) is 0 Å². The van der Waals surface area contributed by atoms with Crippen molar-refractivity contribution in [3.8, 4) is 44.8 Å². The lowest BCUT2D eigenvalue weighted by atomic mass is 9.97. The number of rotatable bonds is 6. The normalized spacial score (nSPS) is 11.0. The fourth-order valence-corrected chi connectivity index (χ4v) is 7.01. The number of hydrogen-bond donors (Lipinski definition) is 4. The average molecular weight is 722 g/mol. The Morgan fingerprint density at radius 1 is 0.481 bits per heavy atom. The average Bonchev–Trinajstić information content (AvgIpc) is 3.76. The molecule has 256 valence electrons. The number of aryl methyl sites for hydroxylation is 2. The molecule has 0 aliphatic heterocycles. The maximum Gasteiger partial charge on any atom is 0.248 e. The topological polar surface area (TPSA) is 118 Å². The lowest BCUT2D eigenvalue weighted by Crippen LogP contribution is -2.10. The number of carbonyl (C=O) groups excluding carboxylic acids is 2. The van der Waals surface area contributed by atoms with E-state index in [9.17, 15) is 9.59 Å². The summed E-state index contributed by atoms with van der Waals surface area (Å²) < 4.78 is 0. The second kappa shape index (κ2) is 14.3. The number of primary amides is 2. The largest absolute Gasteiger partial charge is 0.366 e. The predicted molar refractivity (Wildman–Crippen MR) is 215 cm³/mol. The van der Waals surface area contributed by atoms with E-state index in [0.29, 0.717) is 11.1 Å². The van der Waals surface area contributed by atoms with E-state index < -0.39 is 11.8 Å². The molecule has 0 aliphatic rings. The van der Waals surface area contributed by atoms with Crippen molar-refractivity contribution in [1.82, 2.24) is 9.97 Å². The summed E-state index contributed by atoms with van der Waals surface area (Å²) >= 11 is 12.6. The predicted octanol–water partition coefficient (Wildman–Crippen LogP) is 11.1. The molecule has 6 aromatic carbocycles. The van der Waals surface area contributed by atoms with Crippen LogP contribution in [0, 0.1) is 13.8 Å². The molecule has 0 saturated carbocycles. The smallest absolute Gasteiger partial charge is 0.248 e.